The zero-order valence-corrected chi connectivity index (χ0v) is 11.4. The lowest BCUT2D eigenvalue weighted by Gasteiger charge is -2.06. The molecular weight excluding hydrogens is 286 g/mol. The number of carbonyl (C=O) groups is 1. The minimum absolute atomic E-state index is 0.0998. The summed E-state index contributed by atoms with van der Waals surface area (Å²) in [5.41, 5.74) is -0.581. The Morgan fingerprint density at radius 1 is 1.60 bits per heavy atom. The molecule has 0 aromatic carbocycles. The van der Waals surface area contributed by atoms with Gasteiger partial charge in [-0.3, -0.25) is 14.9 Å². The number of pyridine rings is 1. The number of hydrogen-bond donors (Lipinski definition) is 1. The Balaban J connectivity index is 1.87. The van der Waals surface area contributed by atoms with E-state index in [1.54, 1.807) is 0 Å². The molecule has 1 saturated carbocycles. The van der Waals surface area contributed by atoms with Crippen LogP contribution < -0.4 is 5.32 Å². The first-order valence-corrected chi connectivity index (χ1v) is 6.62. The maximum absolute atomic E-state index is 11.9. The highest BCUT2D eigenvalue weighted by atomic mass is 35.5. The van der Waals surface area contributed by atoms with Crippen LogP contribution in [0, 0.1) is 16.0 Å². The van der Waals surface area contributed by atoms with Gasteiger partial charge in [0.2, 0.25) is 5.15 Å². The summed E-state index contributed by atoms with van der Waals surface area (Å²) in [7, 11) is 0. The highest BCUT2D eigenvalue weighted by molar-refractivity contribution is 6.32. The maximum Gasteiger partial charge on any atom is 0.319 e. The molecule has 1 aliphatic rings. The van der Waals surface area contributed by atoms with Crippen LogP contribution in [0.5, 0.6) is 0 Å². The molecule has 1 aromatic heterocycles. The van der Waals surface area contributed by atoms with Crippen molar-refractivity contribution in [3.8, 4) is 0 Å². The average Bonchev–Trinajstić information content (AvgIpc) is 3.21. The quantitative estimate of drug-likeness (QED) is 0.358. The summed E-state index contributed by atoms with van der Waals surface area (Å²) in [4.78, 5) is 25.6. The van der Waals surface area contributed by atoms with Crippen LogP contribution in [0.1, 0.15) is 23.2 Å². The summed E-state index contributed by atoms with van der Waals surface area (Å²) < 4.78 is 5.36. The number of nitrogens with one attached hydrogen (secondary N) is 1. The van der Waals surface area contributed by atoms with Gasteiger partial charge in [0, 0.05) is 19.3 Å². The van der Waals surface area contributed by atoms with Crippen LogP contribution in [0.15, 0.2) is 12.3 Å². The second-order valence-electron chi connectivity index (χ2n) is 4.53. The van der Waals surface area contributed by atoms with Crippen molar-refractivity contribution in [1.82, 2.24) is 10.3 Å². The fourth-order valence-electron chi connectivity index (χ4n) is 1.65. The minimum atomic E-state index is -0.714. The molecule has 0 spiro atoms. The highest BCUT2D eigenvalue weighted by Crippen LogP contribution is 2.28. The number of amides is 1. The van der Waals surface area contributed by atoms with Gasteiger partial charge in [0.15, 0.2) is 0 Å². The molecule has 1 aromatic rings. The molecule has 0 unspecified atom stereocenters. The fraction of sp³-hybridized carbons (Fsp3) is 0.500. The summed E-state index contributed by atoms with van der Waals surface area (Å²) in [6.45, 7) is 1.38. The van der Waals surface area contributed by atoms with Gasteiger partial charge in [-0.25, -0.2) is 4.98 Å². The van der Waals surface area contributed by atoms with Gasteiger partial charge in [0.05, 0.1) is 11.5 Å². The van der Waals surface area contributed by atoms with Crippen molar-refractivity contribution in [2.45, 2.75) is 12.8 Å². The van der Waals surface area contributed by atoms with Gasteiger partial charge in [-0.05, 0) is 24.8 Å². The minimum Gasteiger partial charge on any atom is -0.379 e. The SMILES string of the molecule is O=C(NCCOCC1CC1)c1ccnc(Cl)c1[N+](=O)[O-]. The van der Waals surface area contributed by atoms with E-state index in [-0.39, 0.29) is 10.7 Å². The topological polar surface area (TPSA) is 94.4 Å². The zero-order chi connectivity index (χ0) is 14.5. The number of hydrogen-bond acceptors (Lipinski definition) is 5. The van der Waals surface area contributed by atoms with E-state index < -0.39 is 16.5 Å². The predicted octanol–water partition coefficient (Wildman–Crippen LogP) is 1.80. The molecule has 7 nitrogen and oxygen atoms in total. The second kappa shape index (κ2) is 6.62. The van der Waals surface area contributed by atoms with E-state index in [4.69, 9.17) is 16.3 Å². The van der Waals surface area contributed by atoms with E-state index in [1.165, 1.54) is 25.1 Å². The Morgan fingerprint density at radius 3 is 3.00 bits per heavy atom. The van der Waals surface area contributed by atoms with E-state index in [0.717, 1.165) is 0 Å². The molecule has 0 aliphatic heterocycles. The molecule has 0 saturated heterocycles. The predicted molar refractivity (Wildman–Crippen MR) is 71.8 cm³/mol. The van der Waals surface area contributed by atoms with Gasteiger partial charge in [-0.15, -0.1) is 0 Å². The van der Waals surface area contributed by atoms with Gasteiger partial charge in [-0.2, -0.15) is 0 Å². The van der Waals surface area contributed by atoms with Crippen LogP contribution in [-0.4, -0.2) is 35.6 Å². The number of aromatic nitrogens is 1. The number of rotatable bonds is 7. The molecule has 8 heteroatoms. The molecule has 1 N–H and O–H groups in total. The highest BCUT2D eigenvalue weighted by Gasteiger charge is 2.24. The van der Waals surface area contributed by atoms with Gasteiger partial charge < -0.3 is 10.1 Å². The van der Waals surface area contributed by atoms with Crippen LogP contribution >= 0.6 is 11.6 Å². The third kappa shape index (κ3) is 3.88. The molecule has 108 valence electrons. The number of halogens is 1. The van der Waals surface area contributed by atoms with Crippen molar-refractivity contribution in [2.24, 2.45) is 5.92 Å². The fourth-order valence-corrected chi connectivity index (χ4v) is 1.88. The first kappa shape index (κ1) is 14.7. The lowest BCUT2D eigenvalue weighted by molar-refractivity contribution is -0.385. The number of carbonyl (C=O) groups excluding carboxylic acids is 1. The Morgan fingerprint density at radius 2 is 2.35 bits per heavy atom. The summed E-state index contributed by atoms with van der Waals surface area (Å²) >= 11 is 5.64. The smallest absolute Gasteiger partial charge is 0.319 e. The molecule has 1 aliphatic carbocycles. The van der Waals surface area contributed by atoms with E-state index in [9.17, 15) is 14.9 Å². The number of ether oxygens (including phenoxy) is 1. The first-order chi connectivity index (χ1) is 9.59. The average molecular weight is 300 g/mol. The van der Waals surface area contributed by atoms with Crippen LogP contribution in [0.3, 0.4) is 0 Å². The largest absolute Gasteiger partial charge is 0.379 e. The van der Waals surface area contributed by atoms with E-state index in [0.29, 0.717) is 25.7 Å². The maximum atomic E-state index is 11.9. The van der Waals surface area contributed by atoms with Gasteiger partial charge in [0.25, 0.3) is 5.91 Å². The van der Waals surface area contributed by atoms with Crippen molar-refractivity contribution in [3.63, 3.8) is 0 Å². The summed E-state index contributed by atoms with van der Waals surface area (Å²) in [6, 6.07) is 1.27. The zero-order valence-electron chi connectivity index (χ0n) is 10.7. The van der Waals surface area contributed by atoms with Gasteiger partial charge >= 0.3 is 5.69 Å². The van der Waals surface area contributed by atoms with Crippen molar-refractivity contribution in [3.05, 3.63) is 33.1 Å². The molecule has 0 bridgehead atoms. The molecule has 1 fully saturated rings. The Hall–Kier alpha value is -1.73. The molecular formula is C12H14ClN3O4. The van der Waals surface area contributed by atoms with Crippen LogP contribution in [0.25, 0.3) is 0 Å². The van der Waals surface area contributed by atoms with E-state index >= 15 is 0 Å². The third-order valence-corrected chi connectivity index (χ3v) is 3.17. The molecule has 2 rings (SSSR count). The summed E-state index contributed by atoms with van der Waals surface area (Å²) in [6.07, 6.45) is 3.66. The molecule has 0 radical (unpaired) electrons. The lowest BCUT2D eigenvalue weighted by atomic mass is 10.2. The van der Waals surface area contributed by atoms with E-state index in [1.807, 2.05) is 0 Å². The first-order valence-electron chi connectivity index (χ1n) is 6.24. The summed E-state index contributed by atoms with van der Waals surface area (Å²) in [5, 5.41) is 13.1. The molecule has 1 amide bonds. The van der Waals surface area contributed by atoms with Crippen LogP contribution in [0.2, 0.25) is 5.15 Å². The van der Waals surface area contributed by atoms with Crippen LogP contribution in [-0.2, 0) is 4.74 Å². The second-order valence-corrected chi connectivity index (χ2v) is 4.89. The standard InChI is InChI=1S/C12H14ClN3O4/c13-11-10(16(18)19)9(3-4-14-11)12(17)15-5-6-20-7-8-1-2-8/h3-4,8H,1-2,5-7H2,(H,15,17). The Kier molecular flexibility index (Phi) is 4.86. The third-order valence-electron chi connectivity index (χ3n) is 2.89. The normalized spacial score (nSPS) is 14.1. The summed E-state index contributed by atoms with van der Waals surface area (Å²) in [5.74, 6) is 0.0989. The van der Waals surface area contributed by atoms with Crippen molar-refractivity contribution in [1.29, 1.82) is 0 Å². The van der Waals surface area contributed by atoms with Gasteiger partial charge in [-0.1, -0.05) is 11.6 Å². The van der Waals surface area contributed by atoms with Crippen molar-refractivity contribution < 1.29 is 14.5 Å². The number of nitro groups is 1. The molecule has 20 heavy (non-hydrogen) atoms. The number of nitrogens with zero attached hydrogens (tertiary/aromatic N) is 2. The Labute approximate surface area is 120 Å². The molecule has 1 heterocycles. The van der Waals surface area contributed by atoms with Crippen molar-refractivity contribution in [2.75, 3.05) is 19.8 Å². The van der Waals surface area contributed by atoms with E-state index in [2.05, 4.69) is 10.3 Å². The monoisotopic (exact) mass is 299 g/mol. The van der Waals surface area contributed by atoms with Crippen LogP contribution in [0.4, 0.5) is 5.69 Å². The lowest BCUT2D eigenvalue weighted by Crippen LogP contribution is -2.28. The van der Waals surface area contributed by atoms with Gasteiger partial charge in [0.1, 0.15) is 5.56 Å². The Bertz CT molecular complexity index is 519. The van der Waals surface area contributed by atoms with Crippen molar-refractivity contribution >= 4 is 23.2 Å². The molecule has 0 atom stereocenters.